The third-order valence-electron chi connectivity index (χ3n) is 5.24. The number of nitrogens with zero attached hydrogens (tertiary/aromatic N) is 2. The number of benzene rings is 2. The van der Waals surface area contributed by atoms with Gasteiger partial charge in [-0.25, -0.2) is 13.4 Å². The number of anilines is 1. The number of nitrogen functional groups attached to an aromatic ring is 1. The van der Waals surface area contributed by atoms with Crippen LogP contribution in [-0.2, 0) is 10.0 Å². The van der Waals surface area contributed by atoms with E-state index in [0.717, 1.165) is 16.7 Å². The third kappa shape index (κ3) is 3.73. The molecule has 0 aliphatic rings. The number of fused-ring (bicyclic) bond motifs is 1. The fourth-order valence-electron chi connectivity index (χ4n) is 3.51. The van der Waals surface area contributed by atoms with Gasteiger partial charge in [0.2, 0.25) is 10.0 Å². The van der Waals surface area contributed by atoms with Gasteiger partial charge >= 0.3 is 0 Å². The van der Waals surface area contributed by atoms with Crippen LogP contribution < -0.4 is 11.3 Å². The molecule has 0 atom stereocenters. The normalized spacial score (nSPS) is 12.0. The smallest absolute Gasteiger partial charge is 0.287 e. The van der Waals surface area contributed by atoms with E-state index in [1.165, 1.54) is 4.31 Å². The number of pyridine rings is 1. The molecule has 0 aliphatic carbocycles. The SMILES string of the molecule is CCN(CC)S(=O)(=O)c1ccc(-c2cnc(N)c(-c3ccc4c(=O)[nH]oc4c3)c2)cc1. The summed E-state index contributed by atoms with van der Waals surface area (Å²) in [6, 6.07) is 13.8. The van der Waals surface area contributed by atoms with Gasteiger partial charge in [0.1, 0.15) is 5.82 Å². The number of hydrogen-bond acceptors (Lipinski definition) is 6. The lowest BCUT2D eigenvalue weighted by atomic mass is 10.0. The second-order valence-electron chi connectivity index (χ2n) is 7.01. The zero-order chi connectivity index (χ0) is 22.2. The van der Waals surface area contributed by atoms with E-state index < -0.39 is 10.0 Å². The number of nitrogens with two attached hydrogens (primary N) is 1. The van der Waals surface area contributed by atoms with E-state index in [1.807, 2.05) is 19.9 Å². The van der Waals surface area contributed by atoms with Crippen molar-refractivity contribution >= 4 is 26.8 Å². The number of aromatic amines is 1. The second-order valence-corrected chi connectivity index (χ2v) is 8.95. The highest BCUT2D eigenvalue weighted by atomic mass is 32.2. The monoisotopic (exact) mass is 438 g/mol. The van der Waals surface area contributed by atoms with Crippen LogP contribution >= 0.6 is 0 Å². The first-order chi connectivity index (χ1) is 14.8. The number of H-pyrrole nitrogens is 1. The van der Waals surface area contributed by atoms with Crippen molar-refractivity contribution in [2.75, 3.05) is 18.8 Å². The molecule has 31 heavy (non-hydrogen) atoms. The highest BCUT2D eigenvalue weighted by Crippen LogP contribution is 2.31. The van der Waals surface area contributed by atoms with E-state index in [4.69, 9.17) is 10.3 Å². The Labute approximate surface area is 179 Å². The van der Waals surface area contributed by atoms with Gasteiger partial charge in [0.05, 0.1) is 10.3 Å². The van der Waals surface area contributed by atoms with Gasteiger partial charge < -0.3 is 10.3 Å². The van der Waals surface area contributed by atoms with Crippen molar-refractivity contribution in [3.8, 4) is 22.3 Å². The number of hydrogen-bond donors (Lipinski definition) is 2. The first-order valence-corrected chi connectivity index (χ1v) is 11.3. The van der Waals surface area contributed by atoms with E-state index in [9.17, 15) is 13.2 Å². The lowest BCUT2D eigenvalue weighted by Crippen LogP contribution is -2.30. The van der Waals surface area contributed by atoms with E-state index in [-0.39, 0.29) is 10.5 Å². The third-order valence-corrected chi connectivity index (χ3v) is 7.30. The molecule has 0 unspecified atom stereocenters. The van der Waals surface area contributed by atoms with Gasteiger partial charge in [0, 0.05) is 30.4 Å². The molecule has 0 fully saturated rings. The maximum absolute atomic E-state index is 12.7. The van der Waals surface area contributed by atoms with Crippen molar-refractivity contribution in [1.29, 1.82) is 0 Å². The Bertz CT molecular complexity index is 1400. The largest absolute Gasteiger partial charge is 0.383 e. The van der Waals surface area contributed by atoms with Gasteiger partial charge in [-0.2, -0.15) is 9.46 Å². The van der Waals surface area contributed by atoms with E-state index in [2.05, 4.69) is 10.1 Å². The lowest BCUT2D eigenvalue weighted by molar-refractivity contribution is 0.445. The van der Waals surface area contributed by atoms with Gasteiger partial charge in [-0.3, -0.25) is 4.79 Å². The standard InChI is InChI=1S/C22H22N4O4S/c1-3-26(4-2)31(28,29)17-8-5-14(6-9-17)16-11-19(21(23)24-13-16)15-7-10-18-20(12-15)30-25-22(18)27/h5-13H,3-4H2,1-2H3,(H2,23,24)(H,25,27). The molecule has 0 bridgehead atoms. The molecule has 3 N–H and O–H groups in total. The van der Waals surface area contributed by atoms with Gasteiger partial charge in [-0.1, -0.05) is 32.0 Å². The average molecular weight is 439 g/mol. The van der Waals surface area contributed by atoms with Gasteiger partial charge in [-0.15, -0.1) is 0 Å². The van der Waals surface area contributed by atoms with Crippen LogP contribution in [0.5, 0.6) is 0 Å². The summed E-state index contributed by atoms with van der Waals surface area (Å²) in [6.45, 7) is 4.45. The second kappa shape index (κ2) is 8.01. The molecule has 2 heterocycles. The molecule has 2 aromatic heterocycles. The topological polar surface area (TPSA) is 122 Å². The van der Waals surface area contributed by atoms with Gasteiger partial charge in [0.25, 0.3) is 5.56 Å². The summed E-state index contributed by atoms with van der Waals surface area (Å²) in [6.07, 6.45) is 1.64. The highest BCUT2D eigenvalue weighted by molar-refractivity contribution is 7.89. The van der Waals surface area contributed by atoms with Crippen molar-refractivity contribution in [2.24, 2.45) is 0 Å². The summed E-state index contributed by atoms with van der Waals surface area (Å²) in [5.74, 6) is 0.335. The number of nitrogens with one attached hydrogen (secondary N) is 1. The number of aromatic nitrogens is 2. The summed E-state index contributed by atoms with van der Waals surface area (Å²) in [5, 5.41) is 2.77. The van der Waals surface area contributed by atoms with Crippen molar-refractivity contribution < 1.29 is 12.9 Å². The molecule has 8 nitrogen and oxygen atoms in total. The molecule has 0 amide bonds. The molecule has 0 spiro atoms. The molecule has 0 radical (unpaired) electrons. The molecular formula is C22H22N4O4S. The molecule has 160 valence electrons. The first-order valence-electron chi connectivity index (χ1n) is 9.82. The minimum atomic E-state index is -3.52. The summed E-state index contributed by atoms with van der Waals surface area (Å²) in [5.41, 5.74) is 9.26. The highest BCUT2D eigenvalue weighted by Gasteiger charge is 2.21. The Morgan fingerprint density at radius 1 is 1.00 bits per heavy atom. The van der Waals surface area contributed by atoms with Crippen molar-refractivity contribution in [1.82, 2.24) is 14.4 Å². The Balaban J connectivity index is 1.72. The minimum absolute atomic E-state index is 0.247. The Morgan fingerprint density at radius 2 is 1.68 bits per heavy atom. The minimum Gasteiger partial charge on any atom is -0.383 e. The van der Waals surface area contributed by atoms with Crippen LogP contribution in [0.4, 0.5) is 5.82 Å². The quantitative estimate of drug-likeness (QED) is 0.475. The van der Waals surface area contributed by atoms with Crippen LogP contribution in [0, 0.1) is 0 Å². The zero-order valence-corrected chi connectivity index (χ0v) is 17.9. The Kier molecular flexibility index (Phi) is 5.38. The van der Waals surface area contributed by atoms with Crippen molar-refractivity contribution in [3.05, 3.63) is 65.1 Å². The van der Waals surface area contributed by atoms with Crippen LogP contribution in [0.25, 0.3) is 33.2 Å². The molecule has 2 aromatic carbocycles. The molecular weight excluding hydrogens is 416 g/mol. The molecule has 0 saturated carbocycles. The summed E-state index contributed by atoms with van der Waals surface area (Å²) < 4.78 is 32.0. The Morgan fingerprint density at radius 3 is 2.35 bits per heavy atom. The fourth-order valence-corrected chi connectivity index (χ4v) is 4.97. The Hall–Kier alpha value is -3.43. The van der Waals surface area contributed by atoms with E-state index >= 15 is 0 Å². The van der Waals surface area contributed by atoms with Crippen LogP contribution in [0.2, 0.25) is 0 Å². The van der Waals surface area contributed by atoms with Crippen LogP contribution in [0.15, 0.2) is 68.9 Å². The maximum Gasteiger partial charge on any atom is 0.287 e. The summed E-state index contributed by atoms with van der Waals surface area (Å²) in [7, 11) is -3.52. The zero-order valence-electron chi connectivity index (χ0n) is 17.1. The van der Waals surface area contributed by atoms with Crippen LogP contribution in [0.3, 0.4) is 0 Å². The van der Waals surface area contributed by atoms with E-state index in [1.54, 1.807) is 48.7 Å². The molecule has 0 saturated heterocycles. The van der Waals surface area contributed by atoms with Crippen molar-refractivity contribution in [2.45, 2.75) is 18.7 Å². The number of rotatable bonds is 6. The summed E-state index contributed by atoms with van der Waals surface area (Å²) >= 11 is 0. The lowest BCUT2D eigenvalue weighted by Gasteiger charge is -2.18. The molecule has 9 heteroatoms. The molecule has 4 rings (SSSR count). The molecule has 0 aliphatic heterocycles. The number of sulfonamides is 1. The van der Waals surface area contributed by atoms with Crippen LogP contribution in [-0.4, -0.2) is 36.0 Å². The van der Waals surface area contributed by atoms with Gasteiger partial charge in [0.15, 0.2) is 5.58 Å². The van der Waals surface area contributed by atoms with E-state index in [0.29, 0.717) is 35.4 Å². The summed E-state index contributed by atoms with van der Waals surface area (Å²) in [4.78, 5) is 16.2. The van der Waals surface area contributed by atoms with Crippen molar-refractivity contribution in [3.63, 3.8) is 0 Å². The van der Waals surface area contributed by atoms with Crippen LogP contribution in [0.1, 0.15) is 13.8 Å². The maximum atomic E-state index is 12.7. The first kappa shape index (κ1) is 20.8. The molecule has 4 aromatic rings. The average Bonchev–Trinajstić information content (AvgIpc) is 3.15. The predicted octanol–water partition coefficient (Wildman–Crippen LogP) is 3.46. The predicted molar refractivity (Wildman–Crippen MR) is 120 cm³/mol. The fraction of sp³-hybridized carbons (Fsp3) is 0.182. The van der Waals surface area contributed by atoms with Gasteiger partial charge in [-0.05, 0) is 41.5 Å².